The van der Waals surface area contributed by atoms with Crippen LogP contribution in [0, 0.1) is 13.8 Å². The maximum absolute atomic E-state index is 10.0. The molecule has 0 saturated carbocycles. The van der Waals surface area contributed by atoms with Crippen molar-refractivity contribution in [2.75, 3.05) is 31.1 Å². The Morgan fingerprint density at radius 1 is 0.926 bits per heavy atom. The first-order chi connectivity index (χ1) is 13.0. The normalized spacial score (nSPS) is 15.4. The predicted molar refractivity (Wildman–Crippen MR) is 110 cm³/mol. The van der Waals surface area contributed by atoms with Gasteiger partial charge in [0.2, 0.25) is 0 Å². The van der Waals surface area contributed by atoms with Gasteiger partial charge in [0.25, 0.3) is 0 Å². The Bertz CT molecular complexity index is 964. The van der Waals surface area contributed by atoms with E-state index in [0.29, 0.717) is 5.75 Å². The maximum atomic E-state index is 10.0. The Morgan fingerprint density at radius 2 is 1.63 bits per heavy atom. The van der Waals surface area contributed by atoms with Crippen molar-refractivity contribution in [1.82, 2.24) is 14.3 Å². The second kappa shape index (κ2) is 7.34. The molecule has 0 amide bonds. The molecule has 0 unspecified atom stereocenters. The number of anilines is 1. The minimum absolute atomic E-state index is 0.349. The maximum Gasteiger partial charge on any atom is 0.147 e. The molecule has 1 fully saturated rings. The second-order valence-corrected chi connectivity index (χ2v) is 7.57. The first-order valence-electron chi connectivity index (χ1n) is 8.94. The van der Waals surface area contributed by atoms with E-state index in [1.54, 1.807) is 0 Å². The minimum Gasteiger partial charge on any atom is -0.507 e. The number of benzene rings is 2. The fourth-order valence-corrected chi connectivity index (χ4v) is 3.78. The fourth-order valence-electron chi connectivity index (χ4n) is 3.46. The summed E-state index contributed by atoms with van der Waals surface area (Å²) in [5.74, 6) is 1.21. The number of aromatic hydroxyl groups is 1. The Balaban J connectivity index is 1.67. The van der Waals surface area contributed by atoms with Gasteiger partial charge in [0.05, 0.1) is 29.5 Å². The average Bonchev–Trinajstić information content (AvgIpc) is 2.71. The Hall–Kier alpha value is -2.35. The summed E-state index contributed by atoms with van der Waals surface area (Å²) in [7, 11) is 0. The van der Waals surface area contributed by atoms with Crippen LogP contribution in [0.1, 0.15) is 11.1 Å². The van der Waals surface area contributed by atoms with Gasteiger partial charge in [0.15, 0.2) is 0 Å². The lowest BCUT2D eigenvalue weighted by atomic mass is 9.99. The summed E-state index contributed by atoms with van der Waals surface area (Å²) in [6.07, 6.45) is 1.82. The summed E-state index contributed by atoms with van der Waals surface area (Å²) in [5.41, 5.74) is 5.56. The molecule has 6 nitrogen and oxygen atoms in total. The molecule has 4 rings (SSSR count). The third kappa shape index (κ3) is 3.58. The molecule has 1 saturated heterocycles. The number of piperazine rings is 1. The SMILES string of the molecule is Cc1cc(-c2ccc3ncc(N4CCN(SO)CC4)nc3c2)cc(C)c1O. The van der Waals surface area contributed by atoms with Crippen LogP contribution in [0.25, 0.3) is 22.2 Å². The molecule has 3 aromatic rings. The van der Waals surface area contributed by atoms with E-state index in [4.69, 9.17) is 9.54 Å². The molecule has 7 heteroatoms. The Labute approximate surface area is 162 Å². The quantitative estimate of drug-likeness (QED) is 0.526. The number of nitrogens with zero attached hydrogens (tertiary/aromatic N) is 4. The highest BCUT2D eigenvalue weighted by Crippen LogP contribution is 2.30. The summed E-state index contributed by atoms with van der Waals surface area (Å²) >= 11 is 0.801. The van der Waals surface area contributed by atoms with E-state index < -0.39 is 0 Å². The molecule has 1 aromatic heterocycles. The van der Waals surface area contributed by atoms with Crippen LogP contribution in [0.4, 0.5) is 5.82 Å². The van der Waals surface area contributed by atoms with Gasteiger partial charge in [-0.2, -0.15) is 0 Å². The standard InChI is InChI=1S/C20H22N4O2S/c1-13-9-16(10-14(2)20(13)25)15-3-4-17-18(11-15)22-19(12-21-17)23-5-7-24(27-26)8-6-23/h3-4,9-12,25-26H,5-8H2,1-2H3. The lowest BCUT2D eigenvalue weighted by Crippen LogP contribution is -2.43. The van der Waals surface area contributed by atoms with Crippen molar-refractivity contribution in [2.24, 2.45) is 0 Å². The molecule has 1 aliphatic rings. The zero-order valence-corrected chi connectivity index (χ0v) is 16.2. The molecule has 0 spiro atoms. The van der Waals surface area contributed by atoms with Crippen molar-refractivity contribution < 1.29 is 9.66 Å². The van der Waals surface area contributed by atoms with Crippen molar-refractivity contribution in [3.8, 4) is 16.9 Å². The zero-order valence-electron chi connectivity index (χ0n) is 15.4. The van der Waals surface area contributed by atoms with E-state index in [-0.39, 0.29) is 0 Å². The summed E-state index contributed by atoms with van der Waals surface area (Å²) in [5, 5.41) is 10.0. The number of phenols is 1. The molecule has 0 bridgehead atoms. The van der Waals surface area contributed by atoms with Crippen molar-refractivity contribution in [3.05, 3.63) is 47.7 Å². The molecule has 0 radical (unpaired) electrons. The zero-order chi connectivity index (χ0) is 19.0. The van der Waals surface area contributed by atoms with E-state index in [0.717, 1.165) is 77.5 Å². The predicted octanol–water partition coefficient (Wildman–Crippen LogP) is 3.86. The number of hydrogen-bond acceptors (Lipinski definition) is 7. The number of fused-ring (bicyclic) bond motifs is 1. The molecule has 0 atom stereocenters. The van der Waals surface area contributed by atoms with E-state index in [1.807, 2.05) is 48.6 Å². The summed E-state index contributed by atoms with van der Waals surface area (Å²) < 4.78 is 11.1. The first kappa shape index (κ1) is 18.0. The van der Waals surface area contributed by atoms with Gasteiger partial charge in [-0.25, -0.2) is 9.29 Å². The lowest BCUT2D eigenvalue weighted by Gasteiger charge is -2.32. The Kier molecular flexibility index (Phi) is 4.90. The summed E-state index contributed by atoms with van der Waals surface area (Å²) in [6.45, 7) is 7.01. The smallest absolute Gasteiger partial charge is 0.147 e. The number of rotatable bonds is 3. The monoisotopic (exact) mass is 382 g/mol. The van der Waals surface area contributed by atoms with Crippen molar-refractivity contribution in [3.63, 3.8) is 0 Å². The highest BCUT2D eigenvalue weighted by Gasteiger charge is 2.18. The van der Waals surface area contributed by atoms with Crippen molar-refractivity contribution >= 4 is 29.1 Å². The number of hydrogen-bond donors (Lipinski definition) is 2. The highest BCUT2D eigenvalue weighted by atomic mass is 32.2. The number of aromatic nitrogens is 2. The van der Waals surface area contributed by atoms with E-state index in [2.05, 4.69) is 16.0 Å². The van der Waals surface area contributed by atoms with Crippen LogP contribution in [0.3, 0.4) is 0 Å². The molecule has 2 heterocycles. The van der Waals surface area contributed by atoms with Gasteiger partial charge in [-0.3, -0.25) is 4.98 Å². The van der Waals surface area contributed by atoms with Crippen LogP contribution in [0.2, 0.25) is 0 Å². The molecule has 27 heavy (non-hydrogen) atoms. The minimum atomic E-state index is 0.349. The first-order valence-corrected chi connectivity index (χ1v) is 9.67. The summed E-state index contributed by atoms with van der Waals surface area (Å²) in [4.78, 5) is 11.6. The van der Waals surface area contributed by atoms with Crippen LogP contribution in [-0.2, 0) is 0 Å². The van der Waals surface area contributed by atoms with Gasteiger partial charge in [-0.05, 0) is 60.4 Å². The van der Waals surface area contributed by atoms with Crippen LogP contribution >= 0.6 is 12.2 Å². The molecule has 140 valence electrons. The van der Waals surface area contributed by atoms with Crippen LogP contribution in [-0.4, -0.2) is 50.1 Å². The fraction of sp³-hybridized carbons (Fsp3) is 0.300. The van der Waals surface area contributed by atoms with Crippen molar-refractivity contribution in [2.45, 2.75) is 13.8 Å². The summed E-state index contributed by atoms with van der Waals surface area (Å²) in [6, 6.07) is 10.1. The number of aryl methyl sites for hydroxylation is 2. The number of phenolic OH excluding ortho intramolecular Hbond substituents is 1. The molecular formula is C20H22N4O2S. The van der Waals surface area contributed by atoms with Gasteiger partial charge in [-0.1, -0.05) is 6.07 Å². The van der Waals surface area contributed by atoms with Gasteiger partial charge >= 0.3 is 0 Å². The van der Waals surface area contributed by atoms with Gasteiger partial charge in [0, 0.05) is 26.2 Å². The molecular weight excluding hydrogens is 360 g/mol. The third-order valence-electron chi connectivity index (χ3n) is 5.03. The van der Waals surface area contributed by atoms with Crippen LogP contribution < -0.4 is 4.90 Å². The Morgan fingerprint density at radius 3 is 2.30 bits per heavy atom. The molecule has 2 N–H and O–H groups in total. The van der Waals surface area contributed by atoms with E-state index >= 15 is 0 Å². The van der Waals surface area contributed by atoms with E-state index in [1.165, 1.54) is 0 Å². The van der Waals surface area contributed by atoms with Gasteiger partial charge in [-0.15, -0.1) is 0 Å². The van der Waals surface area contributed by atoms with Gasteiger partial charge in [0.1, 0.15) is 11.6 Å². The van der Waals surface area contributed by atoms with Gasteiger partial charge < -0.3 is 14.6 Å². The highest BCUT2D eigenvalue weighted by molar-refractivity contribution is 7.91. The molecule has 0 aliphatic carbocycles. The second-order valence-electron chi connectivity index (χ2n) is 6.89. The average molecular weight is 382 g/mol. The molecule has 1 aliphatic heterocycles. The topological polar surface area (TPSA) is 72.7 Å². The molecule has 2 aromatic carbocycles. The van der Waals surface area contributed by atoms with Crippen molar-refractivity contribution in [1.29, 1.82) is 0 Å². The lowest BCUT2D eigenvalue weighted by molar-refractivity contribution is 0.404. The van der Waals surface area contributed by atoms with Crippen LogP contribution in [0.5, 0.6) is 5.75 Å². The largest absolute Gasteiger partial charge is 0.507 e. The third-order valence-corrected chi connectivity index (χ3v) is 5.63. The van der Waals surface area contributed by atoms with E-state index in [9.17, 15) is 5.11 Å². The van der Waals surface area contributed by atoms with Crippen LogP contribution in [0.15, 0.2) is 36.5 Å².